The molecule has 7 heteroatoms. The molecule has 0 unspecified atom stereocenters. The summed E-state index contributed by atoms with van der Waals surface area (Å²) in [5, 5.41) is 0.422. The summed E-state index contributed by atoms with van der Waals surface area (Å²) >= 11 is 0. The Hall–Kier alpha value is -4.26. The third-order valence-electron chi connectivity index (χ3n) is 6.05. The van der Waals surface area contributed by atoms with Gasteiger partial charge in [-0.25, -0.2) is 0 Å². The van der Waals surface area contributed by atoms with Crippen LogP contribution in [-0.4, -0.2) is 19.9 Å². The standard InChI is InChI=1S/C26H18O7/c1-29-20-9-15(10-21-26(20)32-13-31-21)17-11-22(27)33-19-8-7-16-24(28)18(12-30-25(16)23(17)19)14-5-3-2-4-6-14/h2-10,12,17H,11,13H2,1H3/t17-/m0/s1. The molecule has 4 aromatic rings. The first-order chi connectivity index (χ1) is 16.1. The summed E-state index contributed by atoms with van der Waals surface area (Å²) in [6, 6.07) is 16.3. The molecule has 1 aromatic heterocycles. The van der Waals surface area contributed by atoms with Crippen LogP contribution in [0.15, 0.2) is 70.1 Å². The monoisotopic (exact) mass is 442 g/mol. The highest BCUT2D eigenvalue weighted by Gasteiger charge is 2.34. The van der Waals surface area contributed by atoms with E-state index in [-0.39, 0.29) is 24.6 Å². The fourth-order valence-electron chi connectivity index (χ4n) is 4.51. The van der Waals surface area contributed by atoms with E-state index in [2.05, 4.69) is 0 Å². The Morgan fingerprint density at radius 3 is 2.64 bits per heavy atom. The van der Waals surface area contributed by atoms with Crippen molar-refractivity contribution < 1.29 is 28.2 Å². The third-order valence-corrected chi connectivity index (χ3v) is 6.05. The van der Waals surface area contributed by atoms with E-state index in [9.17, 15) is 9.59 Å². The van der Waals surface area contributed by atoms with Crippen molar-refractivity contribution >= 4 is 16.9 Å². The van der Waals surface area contributed by atoms with Gasteiger partial charge in [0.05, 0.1) is 24.5 Å². The molecule has 2 aliphatic rings. The maximum atomic E-state index is 13.4. The number of rotatable bonds is 3. The van der Waals surface area contributed by atoms with E-state index < -0.39 is 5.92 Å². The molecule has 0 saturated carbocycles. The Labute approximate surface area is 188 Å². The molecule has 0 bridgehead atoms. The van der Waals surface area contributed by atoms with Crippen LogP contribution >= 0.6 is 0 Å². The Morgan fingerprint density at radius 2 is 1.82 bits per heavy atom. The van der Waals surface area contributed by atoms with Gasteiger partial charge in [0.15, 0.2) is 11.5 Å². The highest BCUT2D eigenvalue weighted by Crippen LogP contribution is 2.48. The van der Waals surface area contributed by atoms with Gasteiger partial charge in [0, 0.05) is 11.5 Å². The Kier molecular flexibility index (Phi) is 4.36. The number of carbonyl (C=O) groups excluding carboxylic acids is 1. The molecule has 0 radical (unpaired) electrons. The van der Waals surface area contributed by atoms with Crippen molar-refractivity contribution in [3.63, 3.8) is 0 Å². The van der Waals surface area contributed by atoms with Gasteiger partial charge in [-0.3, -0.25) is 9.59 Å². The van der Waals surface area contributed by atoms with E-state index in [1.807, 2.05) is 42.5 Å². The van der Waals surface area contributed by atoms with Gasteiger partial charge in [-0.2, -0.15) is 0 Å². The van der Waals surface area contributed by atoms with Crippen LogP contribution in [-0.2, 0) is 4.79 Å². The van der Waals surface area contributed by atoms with Gasteiger partial charge in [-0.1, -0.05) is 30.3 Å². The van der Waals surface area contributed by atoms with E-state index in [4.69, 9.17) is 23.4 Å². The van der Waals surface area contributed by atoms with Crippen LogP contribution in [0.1, 0.15) is 23.5 Å². The number of carbonyl (C=O) groups is 1. The van der Waals surface area contributed by atoms with Crippen molar-refractivity contribution in [1.82, 2.24) is 0 Å². The summed E-state index contributed by atoms with van der Waals surface area (Å²) in [6.45, 7) is 0.0957. The van der Waals surface area contributed by atoms with E-state index >= 15 is 0 Å². The molecule has 0 amide bonds. The van der Waals surface area contributed by atoms with Gasteiger partial charge in [0.25, 0.3) is 0 Å². The molecule has 7 nitrogen and oxygen atoms in total. The lowest BCUT2D eigenvalue weighted by Crippen LogP contribution is -2.22. The van der Waals surface area contributed by atoms with Crippen LogP contribution in [0.5, 0.6) is 23.0 Å². The number of fused-ring (bicyclic) bond motifs is 4. The average molecular weight is 442 g/mol. The Bertz CT molecular complexity index is 1470. The molecule has 33 heavy (non-hydrogen) atoms. The summed E-state index contributed by atoms with van der Waals surface area (Å²) in [4.78, 5) is 25.8. The minimum atomic E-state index is -0.418. The molecule has 3 heterocycles. The first-order valence-corrected chi connectivity index (χ1v) is 10.5. The largest absolute Gasteiger partial charge is 0.493 e. The van der Waals surface area contributed by atoms with Gasteiger partial charge in [-0.05, 0) is 35.4 Å². The minimum absolute atomic E-state index is 0.0824. The van der Waals surface area contributed by atoms with E-state index in [0.717, 1.165) is 11.1 Å². The van der Waals surface area contributed by atoms with Gasteiger partial charge in [0.2, 0.25) is 18.0 Å². The van der Waals surface area contributed by atoms with Crippen LogP contribution in [0.3, 0.4) is 0 Å². The average Bonchev–Trinajstić information content (AvgIpc) is 3.32. The van der Waals surface area contributed by atoms with E-state index in [1.54, 1.807) is 19.2 Å². The second-order valence-corrected chi connectivity index (χ2v) is 7.89. The number of ether oxygens (including phenoxy) is 4. The molecule has 0 aliphatic carbocycles. The number of hydrogen-bond donors (Lipinski definition) is 0. The van der Waals surface area contributed by atoms with E-state index in [0.29, 0.717) is 45.1 Å². The van der Waals surface area contributed by atoms with Crippen molar-refractivity contribution in [3.8, 4) is 34.1 Å². The van der Waals surface area contributed by atoms with Crippen LogP contribution in [0.2, 0.25) is 0 Å². The zero-order valence-electron chi connectivity index (χ0n) is 17.6. The van der Waals surface area contributed by atoms with Crippen molar-refractivity contribution in [1.29, 1.82) is 0 Å². The molecule has 6 rings (SSSR count). The number of methoxy groups -OCH3 is 1. The van der Waals surface area contributed by atoms with Crippen LogP contribution < -0.4 is 24.4 Å². The third kappa shape index (κ3) is 3.04. The van der Waals surface area contributed by atoms with Gasteiger partial charge >= 0.3 is 5.97 Å². The predicted octanol–water partition coefficient (Wildman–Crippen LogP) is 4.64. The predicted molar refractivity (Wildman–Crippen MR) is 119 cm³/mol. The summed E-state index contributed by atoms with van der Waals surface area (Å²) in [5.74, 6) is 1.16. The maximum Gasteiger partial charge on any atom is 0.312 e. The Morgan fingerprint density at radius 1 is 0.970 bits per heavy atom. The molecule has 0 N–H and O–H groups in total. The lowest BCUT2D eigenvalue weighted by molar-refractivity contribution is -0.135. The fourth-order valence-corrected chi connectivity index (χ4v) is 4.51. The summed E-state index contributed by atoms with van der Waals surface area (Å²) < 4.78 is 28.1. The smallest absolute Gasteiger partial charge is 0.312 e. The van der Waals surface area contributed by atoms with Crippen molar-refractivity contribution in [3.05, 3.63) is 82.2 Å². The number of esters is 1. The highest BCUT2D eigenvalue weighted by atomic mass is 16.7. The number of hydrogen-bond acceptors (Lipinski definition) is 7. The van der Waals surface area contributed by atoms with Gasteiger partial charge in [0.1, 0.15) is 17.6 Å². The normalized spacial score (nSPS) is 16.4. The quantitative estimate of drug-likeness (QED) is 0.338. The molecular formula is C26H18O7. The molecular weight excluding hydrogens is 424 g/mol. The van der Waals surface area contributed by atoms with Gasteiger partial charge in [-0.15, -0.1) is 0 Å². The zero-order chi connectivity index (χ0) is 22.5. The maximum absolute atomic E-state index is 13.4. The highest BCUT2D eigenvalue weighted by molar-refractivity contribution is 5.90. The zero-order valence-corrected chi connectivity index (χ0v) is 17.6. The summed E-state index contributed by atoms with van der Waals surface area (Å²) in [5.41, 5.74) is 2.91. The van der Waals surface area contributed by atoms with Gasteiger partial charge < -0.3 is 23.4 Å². The number of benzene rings is 3. The van der Waals surface area contributed by atoms with Crippen LogP contribution in [0, 0.1) is 0 Å². The summed E-state index contributed by atoms with van der Waals surface area (Å²) in [7, 11) is 1.55. The fraction of sp³-hybridized carbons (Fsp3) is 0.154. The van der Waals surface area contributed by atoms with Crippen LogP contribution in [0.4, 0.5) is 0 Å². The lowest BCUT2D eigenvalue weighted by Gasteiger charge is -2.26. The van der Waals surface area contributed by atoms with E-state index in [1.165, 1.54) is 6.26 Å². The van der Waals surface area contributed by atoms with Crippen molar-refractivity contribution in [2.75, 3.05) is 13.9 Å². The minimum Gasteiger partial charge on any atom is -0.493 e. The first kappa shape index (κ1) is 19.4. The van der Waals surface area contributed by atoms with Crippen molar-refractivity contribution in [2.24, 2.45) is 0 Å². The van der Waals surface area contributed by atoms with Crippen LogP contribution in [0.25, 0.3) is 22.1 Å². The molecule has 2 aliphatic heterocycles. The molecule has 0 saturated heterocycles. The molecule has 3 aromatic carbocycles. The Balaban J connectivity index is 1.57. The topological polar surface area (TPSA) is 84.2 Å². The molecule has 164 valence electrons. The summed E-state index contributed by atoms with van der Waals surface area (Å²) in [6.07, 6.45) is 1.55. The molecule has 0 spiro atoms. The molecule has 1 atom stereocenters. The second-order valence-electron chi connectivity index (χ2n) is 7.89. The second kappa shape index (κ2) is 7.41. The molecule has 0 fully saturated rings. The SMILES string of the molecule is COc1cc([C@@H]2CC(=O)Oc3ccc4c(=O)c(-c5ccccc5)coc4c32)cc2c1OCO2. The van der Waals surface area contributed by atoms with Crippen molar-refractivity contribution in [2.45, 2.75) is 12.3 Å². The lowest BCUT2D eigenvalue weighted by atomic mass is 9.85. The first-order valence-electron chi connectivity index (χ1n) is 10.5.